The van der Waals surface area contributed by atoms with Crippen molar-refractivity contribution in [2.24, 2.45) is 0 Å². The molecule has 0 heterocycles. The number of ether oxygens (including phenoxy) is 2. The van der Waals surface area contributed by atoms with Crippen molar-refractivity contribution < 1.29 is 23.9 Å². The summed E-state index contributed by atoms with van der Waals surface area (Å²) in [6.45, 7) is 3.82. The first kappa shape index (κ1) is 18.5. The Kier molecular flexibility index (Phi) is 7.59. The van der Waals surface area contributed by atoms with E-state index in [-0.39, 0.29) is 26.1 Å². The largest absolute Gasteiger partial charge is 0.466 e. The zero-order chi connectivity index (χ0) is 17.2. The molecule has 0 aliphatic carbocycles. The predicted octanol–water partition coefficient (Wildman–Crippen LogP) is 1.27. The van der Waals surface area contributed by atoms with Gasteiger partial charge in [-0.05, 0) is 44.5 Å². The van der Waals surface area contributed by atoms with Crippen molar-refractivity contribution >= 4 is 23.5 Å². The molecule has 1 atom stereocenters. The van der Waals surface area contributed by atoms with Crippen molar-refractivity contribution in [3.8, 4) is 0 Å². The van der Waals surface area contributed by atoms with E-state index in [1.807, 2.05) is 0 Å². The van der Waals surface area contributed by atoms with Gasteiger partial charge in [-0.25, -0.2) is 4.79 Å². The molecular formula is C16H22N2O5. The van der Waals surface area contributed by atoms with Crippen LogP contribution >= 0.6 is 0 Å². The second kappa shape index (κ2) is 9.45. The Balaban J connectivity index is 2.71. The Morgan fingerprint density at radius 2 is 1.70 bits per heavy atom. The number of carbonyl (C=O) groups is 3. The molecule has 0 spiro atoms. The summed E-state index contributed by atoms with van der Waals surface area (Å²) in [6, 6.07) is 5.38. The van der Waals surface area contributed by atoms with Gasteiger partial charge in [0.1, 0.15) is 6.04 Å². The van der Waals surface area contributed by atoms with E-state index in [9.17, 15) is 14.4 Å². The van der Waals surface area contributed by atoms with Crippen LogP contribution in [0.15, 0.2) is 24.3 Å². The average molecular weight is 322 g/mol. The van der Waals surface area contributed by atoms with Crippen LogP contribution < -0.4 is 11.1 Å². The molecular weight excluding hydrogens is 300 g/mol. The number of rotatable bonds is 8. The highest BCUT2D eigenvalue weighted by atomic mass is 16.5. The van der Waals surface area contributed by atoms with Gasteiger partial charge in [-0.1, -0.05) is 0 Å². The standard InChI is InChI=1S/C16H22N2O5/c1-3-22-14(19)10-9-13(16(21)23-4-2)18-15(20)11-5-7-12(17)8-6-11/h5-8,13H,3-4,9-10,17H2,1-2H3,(H,18,20)/t13-/m0/s1. The van der Waals surface area contributed by atoms with Crippen LogP contribution in [0.4, 0.5) is 5.69 Å². The van der Waals surface area contributed by atoms with Gasteiger partial charge in [0.25, 0.3) is 5.91 Å². The Bertz CT molecular complexity index is 542. The van der Waals surface area contributed by atoms with E-state index in [4.69, 9.17) is 15.2 Å². The van der Waals surface area contributed by atoms with Gasteiger partial charge in [0, 0.05) is 17.7 Å². The minimum atomic E-state index is -0.913. The van der Waals surface area contributed by atoms with E-state index in [1.54, 1.807) is 38.1 Å². The molecule has 126 valence electrons. The van der Waals surface area contributed by atoms with Crippen LogP contribution in [0.3, 0.4) is 0 Å². The quantitative estimate of drug-likeness (QED) is 0.551. The summed E-state index contributed by atoms with van der Waals surface area (Å²) >= 11 is 0. The highest BCUT2D eigenvalue weighted by Crippen LogP contribution is 2.08. The molecule has 23 heavy (non-hydrogen) atoms. The molecule has 1 aromatic rings. The second-order valence-corrected chi connectivity index (χ2v) is 4.74. The summed E-state index contributed by atoms with van der Waals surface area (Å²) in [7, 11) is 0. The zero-order valence-corrected chi connectivity index (χ0v) is 13.3. The Labute approximate surface area is 135 Å². The molecule has 0 saturated heterocycles. The highest BCUT2D eigenvalue weighted by molar-refractivity contribution is 5.97. The monoisotopic (exact) mass is 322 g/mol. The number of nitrogens with one attached hydrogen (secondary N) is 1. The Hall–Kier alpha value is -2.57. The van der Waals surface area contributed by atoms with Crippen LogP contribution in [0.1, 0.15) is 37.0 Å². The second-order valence-electron chi connectivity index (χ2n) is 4.74. The normalized spacial score (nSPS) is 11.4. The maximum atomic E-state index is 12.2. The van der Waals surface area contributed by atoms with Crippen LogP contribution in [-0.4, -0.2) is 37.1 Å². The summed E-state index contributed by atoms with van der Waals surface area (Å²) in [5.41, 5.74) is 6.47. The van der Waals surface area contributed by atoms with Crippen molar-refractivity contribution in [1.29, 1.82) is 0 Å². The maximum absolute atomic E-state index is 12.2. The van der Waals surface area contributed by atoms with Crippen LogP contribution in [0.25, 0.3) is 0 Å². The van der Waals surface area contributed by atoms with Gasteiger partial charge in [0.2, 0.25) is 0 Å². The summed E-state index contributed by atoms with van der Waals surface area (Å²) in [6.07, 6.45) is 0.123. The van der Waals surface area contributed by atoms with E-state index in [0.717, 1.165) is 0 Å². The molecule has 3 N–H and O–H groups in total. The third-order valence-electron chi connectivity index (χ3n) is 2.99. The van der Waals surface area contributed by atoms with Crippen molar-refractivity contribution in [1.82, 2.24) is 5.32 Å². The van der Waals surface area contributed by atoms with Crippen molar-refractivity contribution in [2.45, 2.75) is 32.7 Å². The maximum Gasteiger partial charge on any atom is 0.328 e. The van der Waals surface area contributed by atoms with Crippen LogP contribution in [0.2, 0.25) is 0 Å². The lowest BCUT2D eigenvalue weighted by molar-refractivity contribution is -0.146. The summed E-state index contributed by atoms with van der Waals surface area (Å²) < 4.78 is 9.74. The van der Waals surface area contributed by atoms with E-state index in [1.165, 1.54) is 0 Å². The fourth-order valence-electron chi connectivity index (χ4n) is 1.86. The molecule has 7 heteroatoms. The molecule has 0 saturated carbocycles. The van der Waals surface area contributed by atoms with Gasteiger partial charge >= 0.3 is 11.9 Å². The van der Waals surface area contributed by atoms with E-state index < -0.39 is 23.9 Å². The van der Waals surface area contributed by atoms with Crippen molar-refractivity contribution in [3.63, 3.8) is 0 Å². The first-order valence-corrected chi connectivity index (χ1v) is 7.46. The van der Waals surface area contributed by atoms with Crippen LogP contribution in [0.5, 0.6) is 0 Å². The topological polar surface area (TPSA) is 108 Å². The molecule has 0 aromatic heterocycles. The van der Waals surface area contributed by atoms with Crippen molar-refractivity contribution in [3.05, 3.63) is 29.8 Å². The highest BCUT2D eigenvalue weighted by Gasteiger charge is 2.23. The number of esters is 2. The summed E-state index contributed by atoms with van der Waals surface area (Å²) in [5, 5.41) is 2.57. The van der Waals surface area contributed by atoms with Crippen molar-refractivity contribution in [2.75, 3.05) is 18.9 Å². The number of carbonyl (C=O) groups excluding carboxylic acids is 3. The molecule has 0 fully saturated rings. The molecule has 1 amide bonds. The first-order valence-electron chi connectivity index (χ1n) is 7.46. The summed E-state index contributed by atoms with van der Waals surface area (Å²) in [5.74, 6) is -1.45. The molecule has 7 nitrogen and oxygen atoms in total. The van der Waals surface area contributed by atoms with Gasteiger partial charge in [0.05, 0.1) is 13.2 Å². The fourth-order valence-corrected chi connectivity index (χ4v) is 1.86. The Morgan fingerprint density at radius 3 is 2.26 bits per heavy atom. The third-order valence-corrected chi connectivity index (χ3v) is 2.99. The molecule has 0 unspecified atom stereocenters. The molecule has 0 aliphatic rings. The molecule has 0 aliphatic heterocycles. The molecule has 1 rings (SSSR count). The molecule has 0 radical (unpaired) electrons. The number of hydrogen-bond donors (Lipinski definition) is 2. The van der Waals surface area contributed by atoms with E-state index >= 15 is 0 Å². The van der Waals surface area contributed by atoms with E-state index in [0.29, 0.717) is 11.3 Å². The third kappa shape index (κ3) is 6.37. The van der Waals surface area contributed by atoms with Gasteiger partial charge in [-0.3, -0.25) is 9.59 Å². The molecule has 0 bridgehead atoms. The van der Waals surface area contributed by atoms with Gasteiger partial charge in [-0.2, -0.15) is 0 Å². The smallest absolute Gasteiger partial charge is 0.328 e. The van der Waals surface area contributed by atoms with Gasteiger partial charge in [0.15, 0.2) is 0 Å². The number of anilines is 1. The van der Waals surface area contributed by atoms with Gasteiger partial charge < -0.3 is 20.5 Å². The van der Waals surface area contributed by atoms with E-state index in [2.05, 4.69) is 5.32 Å². The van der Waals surface area contributed by atoms with Gasteiger partial charge in [-0.15, -0.1) is 0 Å². The number of amides is 1. The fraction of sp³-hybridized carbons (Fsp3) is 0.438. The number of hydrogen-bond acceptors (Lipinski definition) is 6. The lowest BCUT2D eigenvalue weighted by Crippen LogP contribution is -2.42. The average Bonchev–Trinajstić information content (AvgIpc) is 2.52. The predicted molar refractivity (Wildman–Crippen MR) is 84.6 cm³/mol. The SMILES string of the molecule is CCOC(=O)CC[C@H](NC(=O)c1ccc(N)cc1)C(=O)OCC. The lowest BCUT2D eigenvalue weighted by atomic mass is 10.1. The van der Waals surface area contributed by atoms with Crippen LogP contribution in [-0.2, 0) is 19.1 Å². The zero-order valence-electron chi connectivity index (χ0n) is 13.3. The minimum absolute atomic E-state index is 0.0132. The Morgan fingerprint density at radius 1 is 1.09 bits per heavy atom. The number of benzene rings is 1. The van der Waals surface area contributed by atoms with Crippen LogP contribution in [0, 0.1) is 0 Å². The lowest BCUT2D eigenvalue weighted by Gasteiger charge is -2.17. The minimum Gasteiger partial charge on any atom is -0.466 e. The first-order chi connectivity index (χ1) is 11.0. The molecule has 1 aromatic carbocycles. The summed E-state index contributed by atoms with van der Waals surface area (Å²) in [4.78, 5) is 35.5. The number of nitrogen functional groups attached to an aromatic ring is 1. The number of nitrogens with two attached hydrogens (primary N) is 1.